The lowest BCUT2D eigenvalue weighted by Crippen LogP contribution is -1.96. The van der Waals surface area contributed by atoms with Gasteiger partial charge in [-0.1, -0.05) is 39.1 Å². The number of hydrogen-bond acceptors (Lipinski definition) is 3. The van der Waals surface area contributed by atoms with Crippen molar-refractivity contribution >= 4 is 61.5 Å². The third-order valence-corrected chi connectivity index (χ3v) is 3.80. The van der Waals surface area contributed by atoms with Crippen molar-refractivity contribution in [1.82, 2.24) is 9.97 Å². The Bertz CT molecular complexity index is 775. The van der Waals surface area contributed by atoms with Crippen molar-refractivity contribution in [2.45, 2.75) is 0 Å². The summed E-state index contributed by atoms with van der Waals surface area (Å²) in [5.74, 6) is 0.668. The average Bonchev–Trinajstić information content (AvgIpc) is 2.42. The molecule has 0 amide bonds. The van der Waals surface area contributed by atoms with E-state index in [0.717, 1.165) is 15.5 Å². The van der Waals surface area contributed by atoms with Crippen molar-refractivity contribution in [1.29, 1.82) is 0 Å². The molecule has 0 unspecified atom stereocenters. The van der Waals surface area contributed by atoms with Crippen LogP contribution >= 0.6 is 39.1 Å². The van der Waals surface area contributed by atoms with Gasteiger partial charge in [0.1, 0.15) is 12.1 Å². The maximum atomic E-state index is 6.15. The maximum Gasteiger partial charge on any atom is 0.141 e. The van der Waals surface area contributed by atoms with E-state index in [-0.39, 0.29) is 0 Å². The number of anilines is 2. The van der Waals surface area contributed by atoms with Crippen molar-refractivity contribution < 1.29 is 0 Å². The Morgan fingerprint density at radius 3 is 2.50 bits per heavy atom. The highest BCUT2D eigenvalue weighted by Gasteiger charge is 2.08. The van der Waals surface area contributed by atoms with E-state index in [1.54, 1.807) is 12.1 Å². The van der Waals surface area contributed by atoms with E-state index in [4.69, 9.17) is 23.2 Å². The van der Waals surface area contributed by atoms with Crippen LogP contribution in [0.4, 0.5) is 11.5 Å². The Balaban J connectivity index is 2.09. The third kappa shape index (κ3) is 2.73. The Hall–Kier alpha value is -1.36. The molecule has 3 nitrogen and oxygen atoms in total. The van der Waals surface area contributed by atoms with E-state index in [0.29, 0.717) is 21.4 Å². The molecule has 0 fully saturated rings. The van der Waals surface area contributed by atoms with Crippen LogP contribution in [0.5, 0.6) is 0 Å². The number of hydrogen-bond donors (Lipinski definition) is 1. The summed E-state index contributed by atoms with van der Waals surface area (Å²) in [5.41, 5.74) is 1.59. The largest absolute Gasteiger partial charge is 0.340 e. The summed E-state index contributed by atoms with van der Waals surface area (Å²) in [6, 6.07) is 11.3. The molecular weight excluding hydrogens is 361 g/mol. The lowest BCUT2D eigenvalue weighted by atomic mass is 10.2. The van der Waals surface area contributed by atoms with Crippen LogP contribution in [0.15, 0.2) is 47.2 Å². The number of nitrogens with one attached hydrogen (secondary N) is 1. The molecule has 1 aromatic heterocycles. The fourth-order valence-electron chi connectivity index (χ4n) is 1.86. The topological polar surface area (TPSA) is 37.8 Å². The van der Waals surface area contributed by atoms with Gasteiger partial charge in [0.05, 0.1) is 10.5 Å². The minimum absolute atomic E-state index is 0.508. The lowest BCUT2D eigenvalue weighted by Gasteiger charge is -2.09. The zero-order valence-electron chi connectivity index (χ0n) is 10.1. The average molecular weight is 369 g/mol. The van der Waals surface area contributed by atoms with Crippen LogP contribution < -0.4 is 5.32 Å². The minimum atomic E-state index is 0.508. The van der Waals surface area contributed by atoms with Gasteiger partial charge in [-0.3, -0.25) is 0 Å². The van der Waals surface area contributed by atoms with Gasteiger partial charge >= 0.3 is 0 Å². The first-order chi connectivity index (χ1) is 9.63. The second-order valence-corrected chi connectivity index (χ2v) is 5.90. The Morgan fingerprint density at radius 1 is 1.00 bits per heavy atom. The fourth-order valence-corrected chi connectivity index (χ4v) is 2.67. The van der Waals surface area contributed by atoms with Crippen LogP contribution in [0.2, 0.25) is 10.0 Å². The predicted molar refractivity (Wildman–Crippen MR) is 87.0 cm³/mol. The van der Waals surface area contributed by atoms with Gasteiger partial charge in [-0.2, -0.15) is 0 Å². The molecular formula is C14H8BrCl2N3. The highest BCUT2D eigenvalue weighted by molar-refractivity contribution is 9.10. The number of rotatable bonds is 2. The molecule has 0 saturated carbocycles. The van der Waals surface area contributed by atoms with Gasteiger partial charge in [0.2, 0.25) is 0 Å². The van der Waals surface area contributed by atoms with Crippen LogP contribution in [0.1, 0.15) is 0 Å². The van der Waals surface area contributed by atoms with Crippen LogP contribution in [0.3, 0.4) is 0 Å². The third-order valence-electron chi connectivity index (χ3n) is 2.76. The van der Waals surface area contributed by atoms with Crippen molar-refractivity contribution in [2.24, 2.45) is 0 Å². The smallest absolute Gasteiger partial charge is 0.141 e. The van der Waals surface area contributed by atoms with Crippen molar-refractivity contribution in [3.05, 3.63) is 57.2 Å². The molecule has 3 aromatic rings. The zero-order valence-corrected chi connectivity index (χ0v) is 13.2. The number of aromatic nitrogens is 2. The van der Waals surface area contributed by atoms with Crippen molar-refractivity contribution in [2.75, 3.05) is 5.32 Å². The molecule has 0 radical (unpaired) electrons. The van der Waals surface area contributed by atoms with Gasteiger partial charge in [-0.15, -0.1) is 0 Å². The SMILES string of the molecule is Clc1cc(Cl)c2ncnc(Nc3ccc(Br)cc3)c2c1. The fraction of sp³-hybridized carbons (Fsp3) is 0. The molecule has 100 valence electrons. The zero-order chi connectivity index (χ0) is 14.1. The quantitative estimate of drug-likeness (QED) is 0.654. The van der Waals surface area contributed by atoms with E-state index in [1.165, 1.54) is 6.33 Å². The van der Waals surface area contributed by atoms with Crippen LogP contribution in [-0.2, 0) is 0 Å². The van der Waals surface area contributed by atoms with E-state index >= 15 is 0 Å². The van der Waals surface area contributed by atoms with E-state index in [9.17, 15) is 0 Å². The molecule has 0 aliphatic heterocycles. The molecule has 0 aliphatic rings. The van der Waals surface area contributed by atoms with Crippen LogP contribution in [-0.4, -0.2) is 9.97 Å². The summed E-state index contributed by atoms with van der Waals surface area (Å²) < 4.78 is 1.02. The molecule has 20 heavy (non-hydrogen) atoms. The second-order valence-electron chi connectivity index (χ2n) is 4.14. The Morgan fingerprint density at radius 2 is 1.75 bits per heavy atom. The van der Waals surface area contributed by atoms with Gasteiger partial charge in [0.25, 0.3) is 0 Å². The first kappa shape index (κ1) is 13.6. The molecule has 0 atom stereocenters. The molecule has 1 heterocycles. The van der Waals surface area contributed by atoms with Crippen LogP contribution in [0.25, 0.3) is 10.9 Å². The monoisotopic (exact) mass is 367 g/mol. The summed E-state index contributed by atoms with van der Waals surface area (Å²) in [6.45, 7) is 0. The van der Waals surface area contributed by atoms with E-state index in [2.05, 4.69) is 31.2 Å². The molecule has 2 aromatic carbocycles. The summed E-state index contributed by atoms with van der Waals surface area (Å²) in [4.78, 5) is 8.44. The normalized spacial score (nSPS) is 10.8. The second kappa shape index (κ2) is 5.56. The molecule has 0 saturated heterocycles. The first-order valence-electron chi connectivity index (χ1n) is 5.76. The standard InChI is InChI=1S/C14H8BrCl2N3/c15-8-1-3-10(4-2-8)20-14-11-5-9(16)6-12(17)13(11)18-7-19-14/h1-7H,(H,18,19,20). The van der Waals surface area contributed by atoms with E-state index < -0.39 is 0 Å². The number of fused-ring (bicyclic) bond motifs is 1. The Kier molecular flexibility index (Phi) is 3.78. The molecule has 0 spiro atoms. The van der Waals surface area contributed by atoms with Gasteiger partial charge in [-0.25, -0.2) is 9.97 Å². The number of nitrogens with zero attached hydrogens (tertiary/aromatic N) is 2. The van der Waals surface area contributed by atoms with Gasteiger partial charge in [0.15, 0.2) is 0 Å². The summed E-state index contributed by atoms with van der Waals surface area (Å²) in [6.07, 6.45) is 1.48. The van der Waals surface area contributed by atoms with Gasteiger partial charge in [-0.05, 0) is 36.4 Å². The highest BCUT2D eigenvalue weighted by atomic mass is 79.9. The van der Waals surface area contributed by atoms with Gasteiger partial charge < -0.3 is 5.32 Å². The Labute approximate surface area is 134 Å². The first-order valence-corrected chi connectivity index (χ1v) is 7.31. The van der Waals surface area contributed by atoms with Crippen molar-refractivity contribution in [3.8, 4) is 0 Å². The molecule has 0 bridgehead atoms. The lowest BCUT2D eigenvalue weighted by molar-refractivity contribution is 1.22. The summed E-state index contributed by atoms with van der Waals surface area (Å²) >= 11 is 15.6. The highest BCUT2D eigenvalue weighted by Crippen LogP contribution is 2.31. The minimum Gasteiger partial charge on any atom is -0.340 e. The number of halogens is 3. The molecule has 1 N–H and O–H groups in total. The summed E-state index contributed by atoms with van der Waals surface area (Å²) in [5, 5.41) is 5.08. The molecule has 3 rings (SSSR count). The molecule has 0 aliphatic carbocycles. The van der Waals surface area contributed by atoms with Crippen molar-refractivity contribution in [3.63, 3.8) is 0 Å². The van der Waals surface area contributed by atoms with E-state index in [1.807, 2.05) is 24.3 Å². The van der Waals surface area contributed by atoms with Gasteiger partial charge in [0, 0.05) is 20.6 Å². The summed E-state index contributed by atoms with van der Waals surface area (Å²) in [7, 11) is 0. The maximum absolute atomic E-state index is 6.15. The van der Waals surface area contributed by atoms with Crippen LogP contribution in [0, 0.1) is 0 Å². The molecule has 6 heteroatoms. The predicted octanol–water partition coefficient (Wildman–Crippen LogP) is 5.44. The number of benzene rings is 2.